The summed E-state index contributed by atoms with van der Waals surface area (Å²) in [5.74, 6) is 0. The second-order valence-electron chi connectivity index (χ2n) is 2.49. The molecule has 0 fully saturated rings. The van der Waals surface area contributed by atoms with Crippen LogP contribution in [0.2, 0.25) is 19.5 Å². The maximum Gasteiger partial charge on any atom is 0.0775 e. The van der Waals surface area contributed by atoms with Crippen LogP contribution in [0.3, 0.4) is 0 Å². The SMILES string of the molecule is [2H]C([2H])([2H])[Si](C)(c1ccccc1)C([2H])([2H])[2H]. The minimum Gasteiger partial charge on any atom is -0.0656 e. The normalized spacial score (nSPS) is 22.9. The standard InChI is InChI=1S/C9H14Si/c1-10(2,3)9-7-5-4-6-8-9/h4-8H,1-3H3/i1D3,2D3. The van der Waals surface area contributed by atoms with Gasteiger partial charge in [-0.05, 0) is 0 Å². The largest absolute Gasteiger partial charge is 0.0775 e. The summed E-state index contributed by atoms with van der Waals surface area (Å²) >= 11 is 0. The van der Waals surface area contributed by atoms with Gasteiger partial charge in [0.1, 0.15) is 0 Å². The van der Waals surface area contributed by atoms with Crippen LogP contribution in [-0.2, 0) is 0 Å². The molecule has 0 radical (unpaired) electrons. The van der Waals surface area contributed by atoms with Crippen molar-refractivity contribution in [3.8, 4) is 0 Å². The monoisotopic (exact) mass is 156 g/mol. The van der Waals surface area contributed by atoms with Gasteiger partial charge in [-0.3, -0.25) is 0 Å². The van der Waals surface area contributed by atoms with Gasteiger partial charge in [0.25, 0.3) is 0 Å². The zero-order valence-corrected chi connectivity index (χ0v) is 6.89. The first kappa shape index (κ1) is 2.82. The highest BCUT2D eigenvalue weighted by molar-refractivity contribution is 6.88. The van der Waals surface area contributed by atoms with Gasteiger partial charge in [-0.1, -0.05) is 55.0 Å². The van der Waals surface area contributed by atoms with Crippen molar-refractivity contribution >= 4 is 13.3 Å². The van der Waals surface area contributed by atoms with Crippen LogP contribution in [0, 0.1) is 0 Å². The molecular formula is C9H14Si. The molecule has 1 aromatic rings. The van der Waals surface area contributed by atoms with Crippen LogP contribution in [0.4, 0.5) is 0 Å². The molecular weight excluding hydrogens is 136 g/mol. The Bertz CT molecular complexity index is 339. The van der Waals surface area contributed by atoms with E-state index in [0.29, 0.717) is 5.19 Å². The summed E-state index contributed by atoms with van der Waals surface area (Å²) in [5, 5.41) is 0.454. The molecule has 0 amide bonds. The Morgan fingerprint density at radius 3 is 2.30 bits per heavy atom. The predicted molar refractivity (Wildman–Crippen MR) is 49.4 cm³/mol. The second-order valence-corrected chi connectivity index (χ2v) is 5.32. The highest BCUT2D eigenvalue weighted by Crippen LogP contribution is 2.00. The molecule has 0 saturated carbocycles. The molecule has 10 heavy (non-hydrogen) atoms. The van der Waals surface area contributed by atoms with Crippen molar-refractivity contribution in [2.75, 3.05) is 0 Å². The van der Waals surface area contributed by atoms with E-state index in [4.69, 9.17) is 8.22 Å². The van der Waals surface area contributed by atoms with Crippen LogP contribution in [0.15, 0.2) is 30.3 Å². The maximum atomic E-state index is 7.51. The molecule has 0 heterocycles. The quantitative estimate of drug-likeness (QED) is 0.547. The van der Waals surface area contributed by atoms with Gasteiger partial charge in [-0.2, -0.15) is 0 Å². The number of hydrogen-bond acceptors (Lipinski definition) is 0. The van der Waals surface area contributed by atoms with Crippen LogP contribution < -0.4 is 5.19 Å². The highest BCUT2D eigenvalue weighted by Gasteiger charge is 2.14. The molecule has 0 aliphatic carbocycles. The first-order chi connectivity index (χ1) is 7.11. The van der Waals surface area contributed by atoms with Crippen molar-refractivity contribution in [2.24, 2.45) is 0 Å². The number of rotatable bonds is 1. The molecule has 0 atom stereocenters. The fourth-order valence-electron chi connectivity index (χ4n) is 0.771. The molecule has 1 heteroatoms. The van der Waals surface area contributed by atoms with Crippen LogP contribution in [0.25, 0.3) is 0 Å². The summed E-state index contributed by atoms with van der Waals surface area (Å²) in [4.78, 5) is 0. The lowest BCUT2D eigenvalue weighted by molar-refractivity contribution is 1.68. The lowest BCUT2D eigenvalue weighted by atomic mass is 10.4. The zero-order chi connectivity index (χ0) is 12.6. The lowest BCUT2D eigenvalue weighted by Crippen LogP contribution is -2.37. The predicted octanol–water partition coefficient (Wildman–Crippen LogP) is 2.23. The first-order valence-corrected chi connectivity index (χ1v) is 5.66. The Balaban J connectivity index is 3.39. The maximum absolute atomic E-state index is 7.51. The third kappa shape index (κ3) is 1.71. The molecule has 0 spiro atoms. The van der Waals surface area contributed by atoms with Gasteiger partial charge in [-0.25, -0.2) is 0 Å². The molecule has 0 N–H and O–H groups in total. The minimum absolute atomic E-state index is 0.454. The lowest BCUT2D eigenvalue weighted by Gasteiger charge is -2.15. The second kappa shape index (κ2) is 2.58. The molecule has 54 valence electrons. The van der Waals surface area contributed by atoms with E-state index in [-0.39, 0.29) is 0 Å². The van der Waals surface area contributed by atoms with Crippen molar-refractivity contribution in [3.05, 3.63) is 30.3 Å². The number of hydrogen-bond donors (Lipinski definition) is 0. The summed E-state index contributed by atoms with van der Waals surface area (Å²) in [6.07, 6.45) is 0. The molecule has 0 aliphatic heterocycles. The Kier molecular flexibility index (Phi) is 0.729. The van der Waals surface area contributed by atoms with Gasteiger partial charge < -0.3 is 0 Å². The van der Waals surface area contributed by atoms with E-state index in [0.717, 1.165) is 0 Å². The fourth-order valence-corrected chi connectivity index (χ4v) is 1.63. The van der Waals surface area contributed by atoms with E-state index in [1.807, 2.05) is 0 Å². The topological polar surface area (TPSA) is 0 Å². The van der Waals surface area contributed by atoms with Gasteiger partial charge in [0.2, 0.25) is 0 Å². The highest BCUT2D eigenvalue weighted by atomic mass is 28.3. The third-order valence-corrected chi connectivity index (χ3v) is 2.84. The zero-order valence-electron chi connectivity index (χ0n) is 11.9. The molecule has 1 aromatic carbocycles. The molecule has 0 bridgehead atoms. The average molecular weight is 156 g/mol. The number of benzene rings is 1. The van der Waals surface area contributed by atoms with E-state index in [9.17, 15) is 0 Å². The minimum atomic E-state index is -3.53. The van der Waals surface area contributed by atoms with Gasteiger partial charge in [0, 0.05) is 8.22 Å². The van der Waals surface area contributed by atoms with Crippen LogP contribution in [-0.4, -0.2) is 8.07 Å². The molecule has 0 aromatic heterocycles. The molecule has 0 unspecified atom stereocenters. The average Bonchev–Trinajstić information content (AvgIpc) is 2.14. The van der Waals surface area contributed by atoms with Crippen molar-refractivity contribution in [1.82, 2.24) is 0 Å². The Hall–Kier alpha value is -0.563. The molecule has 0 saturated heterocycles. The van der Waals surface area contributed by atoms with Crippen LogP contribution in [0.1, 0.15) is 8.22 Å². The summed E-state index contributed by atoms with van der Waals surface area (Å²) < 4.78 is 45.1. The summed E-state index contributed by atoms with van der Waals surface area (Å²) in [6, 6.07) is 8.31. The summed E-state index contributed by atoms with van der Waals surface area (Å²) in [5.41, 5.74) is 0. The van der Waals surface area contributed by atoms with Gasteiger partial charge in [0.15, 0.2) is 0 Å². The summed E-state index contributed by atoms with van der Waals surface area (Å²) in [6.45, 7) is -3.46. The molecule has 0 aliphatic rings. The molecule has 0 nitrogen and oxygen atoms in total. The van der Waals surface area contributed by atoms with E-state index in [1.54, 1.807) is 30.3 Å². The van der Waals surface area contributed by atoms with Crippen LogP contribution in [0.5, 0.6) is 0 Å². The van der Waals surface area contributed by atoms with Crippen LogP contribution >= 0.6 is 0 Å². The van der Waals surface area contributed by atoms with Crippen molar-refractivity contribution in [3.63, 3.8) is 0 Å². The Labute approximate surface area is 72.3 Å². The van der Waals surface area contributed by atoms with Gasteiger partial charge in [-0.15, -0.1) is 0 Å². The van der Waals surface area contributed by atoms with Crippen molar-refractivity contribution < 1.29 is 8.22 Å². The smallest absolute Gasteiger partial charge is 0.0656 e. The Morgan fingerprint density at radius 2 is 1.80 bits per heavy atom. The van der Waals surface area contributed by atoms with Crippen molar-refractivity contribution in [1.29, 1.82) is 0 Å². The van der Waals surface area contributed by atoms with E-state index in [2.05, 4.69) is 0 Å². The van der Waals surface area contributed by atoms with E-state index in [1.165, 1.54) is 6.55 Å². The fraction of sp³-hybridized carbons (Fsp3) is 0.333. The summed E-state index contributed by atoms with van der Waals surface area (Å²) in [7, 11) is -3.53. The Morgan fingerprint density at radius 1 is 1.20 bits per heavy atom. The van der Waals surface area contributed by atoms with Gasteiger partial charge >= 0.3 is 0 Å². The first-order valence-electron chi connectivity index (χ1n) is 6.16. The molecule has 1 rings (SSSR count). The van der Waals surface area contributed by atoms with E-state index < -0.39 is 21.0 Å². The van der Waals surface area contributed by atoms with Gasteiger partial charge in [0.05, 0.1) is 8.07 Å². The van der Waals surface area contributed by atoms with E-state index >= 15 is 0 Å². The third-order valence-electron chi connectivity index (χ3n) is 1.35. The van der Waals surface area contributed by atoms with Crippen molar-refractivity contribution in [2.45, 2.75) is 19.5 Å².